The SMILES string of the molecule is O=C(Cc1csc(-c2ccccc2Cl)n1)Nc1cccc(Cl)c1. The number of carbonyl (C=O) groups excluding carboxylic acids is 1. The predicted octanol–water partition coefficient (Wildman–Crippen LogP) is 5.30. The van der Waals surface area contributed by atoms with E-state index in [9.17, 15) is 4.79 Å². The number of amides is 1. The summed E-state index contributed by atoms with van der Waals surface area (Å²) in [4.78, 5) is 16.6. The summed E-state index contributed by atoms with van der Waals surface area (Å²) in [6, 6.07) is 14.6. The Bertz CT molecular complexity index is 848. The summed E-state index contributed by atoms with van der Waals surface area (Å²) < 4.78 is 0. The first-order valence-electron chi connectivity index (χ1n) is 6.86. The molecular formula is C17H12Cl2N2OS. The lowest BCUT2D eigenvalue weighted by molar-refractivity contribution is -0.115. The minimum absolute atomic E-state index is 0.136. The predicted molar refractivity (Wildman–Crippen MR) is 96.3 cm³/mol. The molecule has 3 rings (SSSR count). The Morgan fingerprint density at radius 2 is 1.96 bits per heavy atom. The zero-order valence-corrected chi connectivity index (χ0v) is 14.3. The van der Waals surface area contributed by atoms with E-state index in [4.69, 9.17) is 23.2 Å². The molecule has 0 fully saturated rings. The zero-order valence-electron chi connectivity index (χ0n) is 11.9. The molecule has 0 aliphatic heterocycles. The molecule has 0 unspecified atom stereocenters. The molecule has 1 aromatic heterocycles. The zero-order chi connectivity index (χ0) is 16.2. The molecule has 1 amide bonds. The van der Waals surface area contributed by atoms with Crippen molar-refractivity contribution in [1.29, 1.82) is 0 Å². The van der Waals surface area contributed by atoms with Gasteiger partial charge in [-0.05, 0) is 24.3 Å². The summed E-state index contributed by atoms with van der Waals surface area (Å²) in [5.74, 6) is -0.136. The van der Waals surface area contributed by atoms with E-state index in [2.05, 4.69) is 10.3 Å². The van der Waals surface area contributed by atoms with E-state index in [1.807, 2.05) is 29.6 Å². The standard InChI is InChI=1S/C17H12Cl2N2OS/c18-11-4-3-5-12(8-11)20-16(22)9-13-10-23-17(21-13)14-6-1-2-7-15(14)19/h1-8,10H,9H2,(H,20,22). The van der Waals surface area contributed by atoms with Crippen molar-refractivity contribution in [2.45, 2.75) is 6.42 Å². The second kappa shape index (κ2) is 7.13. The van der Waals surface area contributed by atoms with Crippen molar-refractivity contribution in [2.75, 3.05) is 5.32 Å². The van der Waals surface area contributed by atoms with Crippen LogP contribution in [-0.4, -0.2) is 10.9 Å². The molecule has 0 saturated heterocycles. The summed E-state index contributed by atoms with van der Waals surface area (Å²) in [6.07, 6.45) is 0.202. The van der Waals surface area contributed by atoms with Crippen LogP contribution in [0.1, 0.15) is 5.69 Å². The smallest absolute Gasteiger partial charge is 0.230 e. The molecule has 0 atom stereocenters. The van der Waals surface area contributed by atoms with Gasteiger partial charge in [-0.15, -0.1) is 11.3 Å². The van der Waals surface area contributed by atoms with Crippen LogP contribution in [0.4, 0.5) is 5.69 Å². The number of anilines is 1. The van der Waals surface area contributed by atoms with Gasteiger partial charge in [0.15, 0.2) is 0 Å². The van der Waals surface area contributed by atoms with E-state index in [0.29, 0.717) is 21.4 Å². The van der Waals surface area contributed by atoms with Crippen molar-refractivity contribution in [3.63, 3.8) is 0 Å². The van der Waals surface area contributed by atoms with Crippen LogP contribution in [0.15, 0.2) is 53.9 Å². The molecule has 2 aromatic carbocycles. The maximum Gasteiger partial charge on any atom is 0.230 e. The van der Waals surface area contributed by atoms with E-state index in [1.54, 1.807) is 24.3 Å². The molecular weight excluding hydrogens is 351 g/mol. The van der Waals surface area contributed by atoms with Gasteiger partial charge in [0, 0.05) is 21.7 Å². The van der Waals surface area contributed by atoms with Gasteiger partial charge in [-0.25, -0.2) is 4.98 Å². The monoisotopic (exact) mass is 362 g/mol. The van der Waals surface area contributed by atoms with Gasteiger partial charge in [0.2, 0.25) is 5.91 Å². The van der Waals surface area contributed by atoms with Gasteiger partial charge in [-0.1, -0.05) is 47.5 Å². The van der Waals surface area contributed by atoms with Crippen LogP contribution in [0.5, 0.6) is 0 Å². The second-order valence-electron chi connectivity index (χ2n) is 4.86. The Morgan fingerprint density at radius 3 is 2.74 bits per heavy atom. The highest BCUT2D eigenvalue weighted by atomic mass is 35.5. The van der Waals surface area contributed by atoms with Crippen LogP contribution in [0, 0.1) is 0 Å². The number of rotatable bonds is 4. The molecule has 0 spiro atoms. The minimum atomic E-state index is -0.136. The van der Waals surface area contributed by atoms with Crippen LogP contribution >= 0.6 is 34.5 Å². The van der Waals surface area contributed by atoms with Crippen molar-refractivity contribution in [2.24, 2.45) is 0 Å². The summed E-state index contributed by atoms with van der Waals surface area (Å²) in [5.41, 5.74) is 2.26. The number of hydrogen-bond donors (Lipinski definition) is 1. The minimum Gasteiger partial charge on any atom is -0.326 e. The third-order valence-corrected chi connectivity index (χ3v) is 4.60. The molecule has 0 radical (unpaired) electrons. The number of benzene rings is 2. The van der Waals surface area contributed by atoms with Crippen molar-refractivity contribution < 1.29 is 4.79 Å². The average molecular weight is 363 g/mol. The maximum atomic E-state index is 12.1. The third kappa shape index (κ3) is 4.10. The van der Waals surface area contributed by atoms with E-state index in [0.717, 1.165) is 10.6 Å². The lowest BCUT2D eigenvalue weighted by Crippen LogP contribution is -2.14. The van der Waals surface area contributed by atoms with Crippen LogP contribution in [0.3, 0.4) is 0 Å². The van der Waals surface area contributed by atoms with E-state index < -0.39 is 0 Å². The number of nitrogens with one attached hydrogen (secondary N) is 1. The Morgan fingerprint density at radius 1 is 1.13 bits per heavy atom. The van der Waals surface area contributed by atoms with E-state index in [1.165, 1.54) is 11.3 Å². The molecule has 0 aliphatic rings. The van der Waals surface area contributed by atoms with Gasteiger partial charge in [0.25, 0.3) is 0 Å². The largest absolute Gasteiger partial charge is 0.326 e. The number of halogens is 2. The molecule has 0 bridgehead atoms. The number of aromatic nitrogens is 1. The van der Waals surface area contributed by atoms with Gasteiger partial charge in [-0.2, -0.15) is 0 Å². The van der Waals surface area contributed by atoms with Gasteiger partial charge in [0.05, 0.1) is 17.1 Å². The fourth-order valence-electron chi connectivity index (χ4n) is 2.08. The number of nitrogens with zero attached hydrogens (tertiary/aromatic N) is 1. The molecule has 0 aliphatic carbocycles. The van der Waals surface area contributed by atoms with Crippen molar-refractivity contribution in [3.05, 3.63) is 69.7 Å². The van der Waals surface area contributed by atoms with Crippen molar-refractivity contribution in [3.8, 4) is 10.6 Å². The summed E-state index contributed by atoms with van der Waals surface area (Å²) in [7, 11) is 0. The summed E-state index contributed by atoms with van der Waals surface area (Å²) in [6.45, 7) is 0. The van der Waals surface area contributed by atoms with E-state index in [-0.39, 0.29) is 12.3 Å². The van der Waals surface area contributed by atoms with E-state index >= 15 is 0 Å². The number of hydrogen-bond acceptors (Lipinski definition) is 3. The highest BCUT2D eigenvalue weighted by Crippen LogP contribution is 2.30. The quantitative estimate of drug-likeness (QED) is 0.684. The van der Waals surface area contributed by atoms with Crippen LogP contribution in [0.25, 0.3) is 10.6 Å². The Labute approximate surface area is 147 Å². The lowest BCUT2D eigenvalue weighted by atomic mass is 10.2. The first-order valence-corrected chi connectivity index (χ1v) is 8.50. The Balaban J connectivity index is 1.69. The molecule has 0 saturated carbocycles. The molecule has 1 N–H and O–H groups in total. The van der Waals surface area contributed by atoms with Crippen LogP contribution < -0.4 is 5.32 Å². The first-order chi connectivity index (χ1) is 11.1. The molecule has 6 heteroatoms. The molecule has 3 aromatic rings. The molecule has 1 heterocycles. The van der Waals surface area contributed by atoms with Crippen molar-refractivity contribution >= 4 is 46.1 Å². The van der Waals surface area contributed by atoms with Gasteiger partial charge in [-0.3, -0.25) is 4.79 Å². The highest BCUT2D eigenvalue weighted by Gasteiger charge is 2.11. The van der Waals surface area contributed by atoms with Crippen LogP contribution in [0.2, 0.25) is 10.0 Å². The lowest BCUT2D eigenvalue weighted by Gasteiger charge is -2.04. The second-order valence-corrected chi connectivity index (χ2v) is 6.56. The number of carbonyl (C=O) groups is 1. The molecule has 23 heavy (non-hydrogen) atoms. The van der Waals surface area contributed by atoms with Crippen LogP contribution in [-0.2, 0) is 11.2 Å². The fourth-order valence-corrected chi connectivity index (χ4v) is 3.41. The maximum absolute atomic E-state index is 12.1. The first kappa shape index (κ1) is 16.0. The third-order valence-electron chi connectivity index (χ3n) is 3.11. The van der Waals surface area contributed by atoms with Crippen molar-refractivity contribution in [1.82, 2.24) is 4.98 Å². The Hall–Kier alpha value is -1.88. The highest BCUT2D eigenvalue weighted by molar-refractivity contribution is 7.13. The van der Waals surface area contributed by atoms with Gasteiger partial charge < -0.3 is 5.32 Å². The normalized spacial score (nSPS) is 10.5. The van der Waals surface area contributed by atoms with Gasteiger partial charge in [0.1, 0.15) is 5.01 Å². The Kier molecular flexibility index (Phi) is 4.96. The fraction of sp³-hybridized carbons (Fsp3) is 0.0588. The summed E-state index contributed by atoms with van der Waals surface area (Å²) >= 11 is 13.5. The molecule has 3 nitrogen and oxygen atoms in total. The summed E-state index contributed by atoms with van der Waals surface area (Å²) in [5, 5.41) is 6.72. The average Bonchev–Trinajstić information content (AvgIpc) is 2.95. The molecule has 116 valence electrons. The number of thiazole rings is 1. The topological polar surface area (TPSA) is 42.0 Å². The van der Waals surface area contributed by atoms with Gasteiger partial charge >= 0.3 is 0 Å².